The topological polar surface area (TPSA) is 81.0 Å². The number of aryl methyl sites for hydroxylation is 1. The molecule has 1 heterocycles. The molecular weight excluding hydrogens is 168 g/mol. The van der Waals surface area contributed by atoms with Crippen LogP contribution in [0.25, 0.3) is 0 Å². The summed E-state index contributed by atoms with van der Waals surface area (Å²) < 4.78 is 0. The van der Waals surface area contributed by atoms with Gasteiger partial charge in [-0.1, -0.05) is 0 Å². The average molecular weight is 178 g/mol. The standard InChI is InChI=1S/C8H10N4O/c1-5-3-7(12-13)11-8(10-2)6(5)4-9/h3,13H,1-2H3,(H2,10,11,12). The fraction of sp³-hybridized carbons (Fsp3) is 0.250. The van der Waals surface area contributed by atoms with Crippen LogP contribution in [-0.4, -0.2) is 17.2 Å². The van der Waals surface area contributed by atoms with Crippen molar-refractivity contribution in [2.75, 3.05) is 17.8 Å². The minimum Gasteiger partial charge on any atom is -0.372 e. The van der Waals surface area contributed by atoms with Gasteiger partial charge in [0.25, 0.3) is 0 Å². The van der Waals surface area contributed by atoms with Gasteiger partial charge < -0.3 is 5.32 Å². The largest absolute Gasteiger partial charge is 0.372 e. The van der Waals surface area contributed by atoms with Crippen LogP contribution in [0.15, 0.2) is 6.07 Å². The van der Waals surface area contributed by atoms with Gasteiger partial charge in [0.2, 0.25) is 0 Å². The predicted molar refractivity (Wildman–Crippen MR) is 48.6 cm³/mol. The molecule has 5 heteroatoms. The molecule has 0 aromatic carbocycles. The van der Waals surface area contributed by atoms with Gasteiger partial charge in [-0.2, -0.15) is 5.26 Å². The van der Waals surface area contributed by atoms with Gasteiger partial charge in [-0.15, -0.1) is 0 Å². The molecule has 0 unspecified atom stereocenters. The summed E-state index contributed by atoms with van der Waals surface area (Å²) >= 11 is 0. The van der Waals surface area contributed by atoms with Crippen molar-refractivity contribution < 1.29 is 5.21 Å². The van der Waals surface area contributed by atoms with Crippen LogP contribution >= 0.6 is 0 Å². The number of pyridine rings is 1. The van der Waals surface area contributed by atoms with Crippen molar-refractivity contribution in [2.24, 2.45) is 0 Å². The Labute approximate surface area is 76.0 Å². The van der Waals surface area contributed by atoms with Crippen LogP contribution in [0.3, 0.4) is 0 Å². The lowest BCUT2D eigenvalue weighted by Gasteiger charge is -2.07. The van der Waals surface area contributed by atoms with E-state index in [1.54, 1.807) is 20.0 Å². The Hall–Kier alpha value is -1.80. The summed E-state index contributed by atoms with van der Waals surface area (Å²) in [5.41, 5.74) is 3.18. The third kappa shape index (κ3) is 1.68. The maximum atomic E-state index is 8.78. The SMILES string of the molecule is CNc1nc(NO)cc(C)c1C#N. The van der Waals surface area contributed by atoms with Crippen LogP contribution < -0.4 is 10.8 Å². The molecule has 0 saturated heterocycles. The molecular formula is C8H10N4O. The Morgan fingerprint density at radius 1 is 1.62 bits per heavy atom. The van der Waals surface area contributed by atoms with Crippen LogP contribution in [0, 0.1) is 18.3 Å². The smallest absolute Gasteiger partial charge is 0.152 e. The second-order valence-electron chi connectivity index (χ2n) is 2.52. The lowest BCUT2D eigenvalue weighted by atomic mass is 10.1. The summed E-state index contributed by atoms with van der Waals surface area (Å²) in [5, 5.41) is 20.2. The molecule has 0 aliphatic rings. The first-order valence-corrected chi connectivity index (χ1v) is 3.72. The maximum Gasteiger partial charge on any atom is 0.152 e. The number of nitrogens with one attached hydrogen (secondary N) is 2. The van der Waals surface area contributed by atoms with E-state index in [9.17, 15) is 0 Å². The number of hydrogen-bond acceptors (Lipinski definition) is 5. The zero-order valence-corrected chi connectivity index (χ0v) is 7.42. The van der Waals surface area contributed by atoms with Gasteiger partial charge in [-0.25, -0.2) is 4.98 Å². The van der Waals surface area contributed by atoms with Gasteiger partial charge >= 0.3 is 0 Å². The number of rotatable bonds is 2. The van der Waals surface area contributed by atoms with Crippen LogP contribution in [-0.2, 0) is 0 Å². The fourth-order valence-corrected chi connectivity index (χ4v) is 1.05. The molecule has 5 nitrogen and oxygen atoms in total. The van der Waals surface area contributed by atoms with E-state index >= 15 is 0 Å². The molecule has 1 aromatic heterocycles. The number of anilines is 2. The van der Waals surface area contributed by atoms with Crippen molar-refractivity contribution in [3.05, 3.63) is 17.2 Å². The molecule has 0 aliphatic heterocycles. The first-order chi connectivity index (χ1) is 6.22. The van der Waals surface area contributed by atoms with E-state index in [0.29, 0.717) is 17.2 Å². The van der Waals surface area contributed by atoms with Crippen molar-refractivity contribution in [1.82, 2.24) is 4.98 Å². The van der Waals surface area contributed by atoms with E-state index in [1.165, 1.54) is 0 Å². The second kappa shape index (κ2) is 3.74. The molecule has 0 fully saturated rings. The minimum absolute atomic E-state index is 0.320. The average Bonchev–Trinajstić information content (AvgIpc) is 2.16. The molecule has 3 N–H and O–H groups in total. The van der Waals surface area contributed by atoms with E-state index in [0.717, 1.165) is 5.56 Å². The molecule has 0 bridgehead atoms. The zero-order valence-electron chi connectivity index (χ0n) is 7.42. The Kier molecular flexibility index (Phi) is 2.67. The third-order valence-corrected chi connectivity index (χ3v) is 1.68. The molecule has 0 atom stereocenters. The molecule has 68 valence electrons. The minimum atomic E-state index is 0.320. The highest BCUT2D eigenvalue weighted by molar-refractivity contribution is 5.59. The van der Waals surface area contributed by atoms with Crippen LogP contribution in [0.5, 0.6) is 0 Å². The van der Waals surface area contributed by atoms with Crippen molar-refractivity contribution in [3.8, 4) is 6.07 Å². The number of nitrogens with zero attached hydrogens (tertiary/aromatic N) is 2. The van der Waals surface area contributed by atoms with Gasteiger partial charge in [-0.05, 0) is 18.6 Å². The van der Waals surface area contributed by atoms with Crippen LogP contribution in [0.1, 0.15) is 11.1 Å². The van der Waals surface area contributed by atoms with E-state index in [-0.39, 0.29) is 0 Å². The van der Waals surface area contributed by atoms with E-state index in [4.69, 9.17) is 10.5 Å². The highest BCUT2D eigenvalue weighted by Gasteiger charge is 2.07. The Morgan fingerprint density at radius 3 is 2.77 bits per heavy atom. The summed E-state index contributed by atoms with van der Waals surface area (Å²) in [6, 6.07) is 3.63. The first-order valence-electron chi connectivity index (χ1n) is 3.72. The van der Waals surface area contributed by atoms with Crippen molar-refractivity contribution >= 4 is 11.6 Å². The predicted octanol–water partition coefficient (Wildman–Crippen LogP) is 1.10. The second-order valence-corrected chi connectivity index (χ2v) is 2.52. The Morgan fingerprint density at radius 2 is 2.31 bits per heavy atom. The van der Waals surface area contributed by atoms with Gasteiger partial charge in [0.05, 0.1) is 5.56 Å². The van der Waals surface area contributed by atoms with Gasteiger partial charge in [0.1, 0.15) is 11.9 Å². The van der Waals surface area contributed by atoms with Crippen molar-refractivity contribution in [1.29, 1.82) is 5.26 Å². The van der Waals surface area contributed by atoms with Crippen molar-refractivity contribution in [2.45, 2.75) is 6.92 Å². The first kappa shape index (κ1) is 9.29. The zero-order chi connectivity index (χ0) is 9.84. The maximum absolute atomic E-state index is 8.78. The number of aromatic nitrogens is 1. The molecule has 0 aliphatic carbocycles. The third-order valence-electron chi connectivity index (χ3n) is 1.68. The summed E-state index contributed by atoms with van der Waals surface area (Å²) in [6.45, 7) is 1.78. The van der Waals surface area contributed by atoms with Crippen molar-refractivity contribution in [3.63, 3.8) is 0 Å². The fourth-order valence-electron chi connectivity index (χ4n) is 1.05. The summed E-state index contributed by atoms with van der Waals surface area (Å²) in [6.07, 6.45) is 0. The lowest BCUT2D eigenvalue weighted by Crippen LogP contribution is -2.02. The number of nitriles is 1. The lowest BCUT2D eigenvalue weighted by molar-refractivity contribution is 0.386. The molecule has 1 aromatic rings. The molecule has 0 radical (unpaired) electrons. The summed E-state index contributed by atoms with van der Waals surface area (Å²) in [5.74, 6) is 0.778. The van der Waals surface area contributed by atoms with E-state index < -0.39 is 0 Å². The molecule has 0 amide bonds. The van der Waals surface area contributed by atoms with Gasteiger partial charge in [-0.3, -0.25) is 10.7 Å². The highest BCUT2D eigenvalue weighted by Crippen LogP contribution is 2.19. The normalized spacial score (nSPS) is 9.08. The Bertz CT molecular complexity index is 356. The number of hydrogen-bond donors (Lipinski definition) is 3. The molecule has 1 rings (SSSR count). The monoisotopic (exact) mass is 178 g/mol. The highest BCUT2D eigenvalue weighted by atomic mass is 16.5. The van der Waals surface area contributed by atoms with Crippen LogP contribution in [0.4, 0.5) is 11.6 Å². The molecule has 0 spiro atoms. The summed E-state index contributed by atoms with van der Waals surface area (Å²) in [4.78, 5) is 3.95. The molecule has 0 saturated carbocycles. The molecule has 13 heavy (non-hydrogen) atoms. The van der Waals surface area contributed by atoms with E-state index in [1.807, 2.05) is 11.5 Å². The van der Waals surface area contributed by atoms with E-state index in [2.05, 4.69) is 10.3 Å². The Balaban J connectivity index is 3.31. The summed E-state index contributed by atoms with van der Waals surface area (Å²) in [7, 11) is 1.67. The van der Waals surface area contributed by atoms with Gasteiger partial charge in [0, 0.05) is 7.05 Å². The van der Waals surface area contributed by atoms with Gasteiger partial charge in [0.15, 0.2) is 5.82 Å². The van der Waals surface area contributed by atoms with Crippen LogP contribution in [0.2, 0.25) is 0 Å². The quantitative estimate of drug-likeness (QED) is 0.591.